The van der Waals surface area contributed by atoms with Crippen LogP contribution in [0.1, 0.15) is 0 Å². The lowest BCUT2D eigenvalue weighted by atomic mass is 10.1. The fourth-order valence-corrected chi connectivity index (χ4v) is 2.05. The molecule has 3 nitrogen and oxygen atoms in total. The maximum atomic E-state index is 9.30. The van der Waals surface area contributed by atoms with Crippen molar-refractivity contribution < 1.29 is 15.2 Å². The van der Waals surface area contributed by atoms with E-state index in [2.05, 4.69) is 5.32 Å². The Kier molecular flexibility index (Phi) is 1.60. The Bertz CT molecular complexity index is 128. The molecule has 0 aromatic rings. The number of alkyl halides is 1. The van der Waals surface area contributed by atoms with Crippen molar-refractivity contribution in [3.8, 4) is 0 Å². The van der Waals surface area contributed by atoms with Crippen molar-refractivity contribution in [3.05, 3.63) is 0 Å². The van der Waals surface area contributed by atoms with Gasteiger partial charge in [0, 0.05) is 0 Å². The Hall–Kier alpha value is 0.170. The highest BCUT2D eigenvalue weighted by molar-refractivity contribution is 6.21. The first-order valence-corrected chi connectivity index (χ1v) is 4.00. The third-order valence-electron chi connectivity index (χ3n) is 2.27. The molecule has 0 saturated carbocycles. The van der Waals surface area contributed by atoms with Crippen LogP contribution in [0.3, 0.4) is 0 Å². The van der Waals surface area contributed by atoms with E-state index in [1.807, 2.05) is 0 Å². The minimum Gasteiger partial charge on any atom is -0.384 e. The second kappa shape index (κ2) is 2.34. The van der Waals surface area contributed by atoms with Gasteiger partial charge in [-0.25, -0.2) is 0 Å². The summed E-state index contributed by atoms with van der Waals surface area (Å²) < 4.78 is 5.29. The number of aliphatic hydroxyl groups is 1. The predicted octanol–water partition coefficient (Wildman–Crippen LogP) is -1.70. The van der Waals surface area contributed by atoms with E-state index in [0.29, 0.717) is 6.61 Å². The second-order valence-electron chi connectivity index (χ2n) is 2.93. The maximum absolute atomic E-state index is 9.30. The molecule has 4 atom stereocenters. The Morgan fingerprint density at radius 1 is 1.60 bits per heavy atom. The van der Waals surface area contributed by atoms with Crippen molar-refractivity contribution in [1.82, 2.24) is 0 Å². The molecule has 4 heteroatoms. The third kappa shape index (κ3) is 0.855. The number of hydrogen-bond acceptors (Lipinski definition) is 2. The monoisotopic (exact) mass is 164 g/mol. The number of fused-ring (bicyclic) bond motifs is 1. The summed E-state index contributed by atoms with van der Waals surface area (Å²) in [5, 5.41) is 11.5. The normalized spacial score (nSPS) is 53.4. The SMILES string of the molecule is O[C@H]1CO[C@H]2[C@@H]1[NH2+]C[C@@H]2Cl. The Balaban J connectivity index is 2.09. The van der Waals surface area contributed by atoms with E-state index < -0.39 is 0 Å². The van der Waals surface area contributed by atoms with Crippen LogP contribution in [0.2, 0.25) is 0 Å². The molecule has 58 valence electrons. The van der Waals surface area contributed by atoms with Crippen molar-refractivity contribution >= 4 is 11.6 Å². The zero-order valence-corrected chi connectivity index (χ0v) is 6.29. The van der Waals surface area contributed by atoms with Gasteiger partial charge in [0.25, 0.3) is 0 Å². The topological polar surface area (TPSA) is 46.1 Å². The summed E-state index contributed by atoms with van der Waals surface area (Å²) in [5.74, 6) is 0. The largest absolute Gasteiger partial charge is 0.384 e. The van der Waals surface area contributed by atoms with E-state index in [1.54, 1.807) is 0 Å². The van der Waals surface area contributed by atoms with Crippen LogP contribution < -0.4 is 5.32 Å². The average molecular weight is 165 g/mol. The highest BCUT2D eigenvalue weighted by atomic mass is 35.5. The van der Waals surface area contributed by atoms with Crippen molar-refractivity contribution in [1.29, 1.82) is 0 Å². The van der Waals surface area contributed by atoms with Crippen LogP contribution in [0.4, 0.5) is 0 Å². The van der Waals surface area contributed by atoms with Gasteiger partial charge in [0.05, 0.1) is 13.2 Å². The molecule has 0 spiro atoms. The second-order valence-corrected chi connectivity index (χ2v) is 3.49. The van der Waals surface area contributed by atoms with Gasteiger partial charge in [0.2, 0.25) is 0 Å². The highest BCUT2D eigenvalue weighted by Gasteiger charge is 2.48. The number of hydrogen-bond donors (Lipinski definition) is 2. The first-order valence-electron chi connectivity index (χ1n) is 3.56. The van der Waals surface area contributed by atoms with Gasteiger partial charge < -0.3 is 15.2 Å². The molecule has 2 fully saturated rings. The molecule has 0 unspecified atom stereocenters. The predicted molar refractivity (Wildman–Crippen MR) is 36.0 cm³/mol. The molecule has 2 heterocycles. The van der Waals surface area contributed by atoms with Gasteiger partial charge in [-0.3, -0.25) is 0 Å². The van der Waals surface area contributed by atoms with Gasteiger partial charge in [-0.2, -0.15) is 0 Å². The van der Waals surface area contributed by atoms with Crippen LogP contribution in [-0.4, -0.2) is 41.9 Å². The molecule has 0 radical (unpaired) electrons. The summed E-state index contributed by atoms with van der Waals surface area (Å²) in [7, 11) is 0. The summed E-state index contributed by atoms with van der Waals surface area (Å²) in [6.45, 7) is 1.32. The molecule has 10 heavy (non-hydrogen) atoms. The Morgan fingerprint density at radius 2 is 2.40 bits per heavy atom. The van der Waals surface area contributed by atoms with Crippen molar-refractivity contribution in [2.24, 2.45) is 0 Å². The number of aliphatic hydroxyl groups excluding tert-OH is 1. The molecule has 2 aliphatic heterocycles. The summed E-state index contributed by atoms with van der Waals surface area (Å²) in [6, 6.07) is 0.197. The van der Waals surface area contributed by atoms with Crippen LogP contribution in [0.15, 0.2) is 0 Å². The first-order chi connectivity index (χ1) is 4.79. The van der Waals surface area contributed by atoms with Gasteiger partial charge in [-0.05, 0) is 0 Å². The van der Waals surface area contributed by atoms with Crippen LogP contribution >= 0.6 is 11.6 Å². The zero-order valence-electron chi connectivity index (χ0n) is 5.53. The lowest BCUT2D eigenvalue weighted by Crippen LogP contribution is -2.89. The van der Waals surface area contributed by atoms with E-state index in [1.165, 1.54) is 0 Å². The number of nitrogens with two attached hydrogens (primary N) is 1. The molecule has 0 aliphatic carbocycles. The molecule has 0 aromatic heterocycles. The zero-order chi connectivity index (χ0) is 7.14. The first kappa shape index (κ1) is 6.85. The summed E-state index contributed by atoms with van der Waals surface area (Å²) in [4.78, 5) is 0. The molecule has 0 aromatic carbocycles. The molecule has 2 aliphatic rings. The molecular weight excluding hydrogens is 154 g/mol. The van der Waals surface area contributed by atoms with Gasteiger partial charge in [0.15, 0.2) is 0 Å². The molecular formula is C6H11ClNO2+. The highest BCUT2D eigenvalue weighted by Crippen LogP contribution is 2.21. The molecule has 2 saturated heterocycles. The van der Waals surface area contributed by atoms with Gasteiger partial charge in [-0.15, -0.1) is 11.6 Å². The van der Waals surface area contributed by atoms with Gasteiger partial charge in [-0.1, -0.05) is 0 Å². The quantitative estimate of drug-likeness (QED) is 0.420. The summed E-state index contributed by atoms with van der Waals surface area (Å²) in [5.41, 5.74) is 0. The summed E-state index contributed by atoms with van der Waals surface area (Å²) >= 11 is 5.91. The average Bonchev–Trinajstić information content (AvgIpc) is 2.41. The Morgan fingerprint density at radius 3 is 3.10 bits per heavy atom. The Labute approximate surface area is 64.3 Å². The van der Waals surface area contributed by atoms with E-state index in [4.69, 9.17) is 16.3 Å². The van der Waals surface area contributed by atoms with E-state index >= 15 is 0 Å². The number of ether oxygens (including phenoxy) is 1. The van der Waals surface area contributed by atoms with Crippen LogP contribution in [0, 0.1) is 0 Å². The van der Waals surface area contributed by atoms with Crippen LogP contribution in [0.5, 0.6) is 0 Å². The minimum absolute atomic E-state index is 0.0802. The number of quaternary nitrogens is 1. The van der Waals surface area contributed by atoms with E-state index in [0.717, 1.165) is 6.54 Å². The standard InChI is InChI=1S/C6H10ClNO2/c7-3-1-8-5-4(9)2-10-6(3)5/h3-6,8-9H,1-2H2/p+1/t3-,4-,5+,6+/m0/s1. The van der Waals surface area contributed by atoms with Crippen molar-refractivity contribution in [2.45, 2.75) is 23.6 Å². The van der Waals surface area contributed by atoms with Gasteiger partial charge in [0.1, 0.15) is 23.6 Å². The lowest BCUT2D eigenvalue weighted by Gasteiger charge is -2.06. The molecule has 3 N–H and O–H groups in total. The molecule has 0 amide bonds. The van der Waals surface area contributed by atoms with Crippen molar-refractivity contribution in [3.63, 3.8) is 0 Å². The molecule has 2 rings (SSSR count). The lowest BCUT2D eigenvalue weighted by molar-refractivity contribution is -0.675. The van der Waals surface area contributed by atoms with Crippen LogP contribution in [-0.2, 0) is 4.74 Å². The molecule has 0 bridgehead atoms. The van der Waals surface area contributed by atoms with Gasteiger partial charge >= 0.3 is 0 Å². The van der Waals surface area contributed by atoms with E-state index in [9.17, 15) is 5.11 Å². The number of rotatable bonds is 0. The fourth-order valence-electron chi connectivity index (χ4n) is 1.71. The van der Waals surface area contributed by atoms with E-state index in [-0.39, 0.29) is 23.6 Å². The smallest absolute Gasteiger partial charge is 0.143 e. The van der Waals surface area contributed by atoms with Crippen LogP contribution in [0.25, 0.3) is 0 Å². The fraction of sp³-hybridized carbons (Fsp3) is 1.00. The van der Waals surface area contributed by atoms with Crippen molar-refractivity contribution in [2.75, 3.05) is 13.2 Å². The summed E-state index contributed by atoms with van der Waals surface area (Å²) in [6.07, 6.45) is -0.231. The third-order valence-corrected chi connectivity index (χ3v) is 2.70. The number of halogens is 1. The maximum Gasteiger partial charge on any atom is 0.143 e. The minimum atomic E-state index is -0.311.